The van der Waals surface area contributed by atoms with Crippen LogP contribution in [0.25, 0.3) is 0 Å². The monoisotopic (exact) mass is 1110 g/mol. The first-order valence-corrected chi connectivity index (χ1v) is 35.1. The van der Waals surface area contributed by atoms with Gasteiger partial charge in [-0.1, -0.05) is 326 Å². The summed E-state index contributed by atoms with van der Waals surface area (Å²) < 4.78 is 17.0. The van der Waals surface area contributed by atoms with Gasteiger partial charge in [0.15, 0.2) is 6.10 Å². The molecule has 0 N–H and O–H groups in total. The van der Waals surface area contributed by atoms with E-state index in [0.717, 1.165) is 83.5 Å². The third kappa shape index (κ3) is 66.1. The standard InChI is InChI=1S/C73H134O6/c1-4-7-10-13-16-19-22-25-28-31-33-34-35-36-37-38-39-40-43-45-48-51-54-57-60-63-66-72(75)78-69-70(68-77-71(74)65-62-59-56-53-50-47-44-41-30-27-24-21-18-15-12-9-6-3)79-73(76)67-64-61-58-55-52-49-46-42-32-29-26-23-20-17-14-11-8-5-2/h18,20-21,23,27,29-30,32,70H,4-17,19,22,24-26,28,31,33-69H2,1-3H3/b21-18-,23-20-,30-27-,32-29-. The van der Waals surface area contributed by atoms with Gasteiger partial charge in [-0.3, -0.25) is 14.4 Å². The van der Waals surface area contributed by atoms with Crippen molar-refractivity contribution in [2.75, 3.05) is 13.2 Å². The lowest BCUT2D eigenvalue weighted by Crippen LogP contribution is -2.30. The summed E-state index contributed by atoms with van der Waals surface area (Å²) in [4.78, 5) is 38.4. The van der Waals surface area contributed by atoms with Gasteiger partial charge in [0.25, 0.3) is 0 Å². The topological polar surface area (TPSA) is 78.9 Å². The van der Waals surface area contributed by atoms with Gasteiger partial charge in [-0.25, -0.2) is 0 Å². The second kappa shape index (κ2) is 67.9. The van der Waals surface area contributed by atoms with Crippen LogP contribution >= 0.6 is 0 Å². The maximum absolute atomic E-state index is 12.9. The van der Waals surface area contributed by atoms with Crippen LogP contribution in [0, 0.1) is 0 Å². The van der Waals surface area contributed by atoms with E-state index in [-0.39, 0.29) is 31.1 Å². The van der Waals surface area contributed by atoms with Crippen molar-refractivity contribution >= 4 is 17.9 Å². The second-order valence-corrected chi connectivity index (χ2v) is 23.8. The number of carbonyl (C=O) groups excluding carboxylic acids is 3. The highest BCUT2D eigenvalue weighted by Gasteiger charge is 2.19. The number of esters is 3. The molecule has 0 aliphatic heterocycles. The van der Waals surface area contributed by atoms with E-state index in [9.17, 15) is 14.4 Å². The number of hydrogen-bond donors (Lipinski definition) is 0. The van der Waals surface area contributed by atoms with Gasteiger partial charge in [0.2, 0.25) is 0 Å². The number of allylic oxidation sites excluding steroid dienone is 8. The minimum atomic E-state index is -0.781. The molecule has 6 nitrogen and oxygen atoms in total. The van der Waals surface area contributed by atoms with Gasteiger partial charge in [0.05, 0.1) is 0 Å². The summed E-state index contributed by atoms with van der Waals surface area (Å²) in [7, 11) is 0. The number of rotatable bonds is 65. The average molecular weight is 1110 g/mol. The van der Waals surface area contributed by atoms with Gasteiger partial charge in [-0.15, -0.1) is 0 Å². The summed E-state index contributed by atoms with van der Waals surface area (Å²) in [5.41, 5.74) is 0. The van der Waals surface area contributed by atoms with Crippen molar-refractivity contribution < 1.29 is 28.6 Å². The fourth-order valence-electron chi connectivity index (χ4n) is 10.5. The van der Waals surface area contributed by atoms with Crippen molar-refractivity contribution in [1.82, 2.24) is 0 Å². The summed E-state index contributed by atoms with van der Waals surface area (Å²) in [6.07, 6.45) is 85.6. The number of ether oxygens (including phenoxy) is 3. The Hall–Kier alpha value is -2.63. The summed E-state index contributed by atoms with van der Waals surface area (Å²) in [6, 6.07) is 0. The second-order valence-electron chi connectivity index (χ2n) is 23.8. The molecule has 0 fully saturated rings. The van der Waals surface area contributed by atoms with Crippen molar-refractivity contribution in [3.63, 3.8) is 0 Å². The van der Waals surface area contributed by atoms with Crippen LogP contribution < -0.4 is 0 Å². The van der Waals surface area contributed by atoms with Crippen LogP contribution in [0.15, 0.2) is 48.6 Å². The minimum Gasteiger partial charge on any atom is -0.462 e. The molecule has 0 amide bonds. The molecule has 0 spiro atoms. The lowest BCUT2D eigenvalue weighted by atomic mass is 10.0. The molecule has 1 atom stereocenters. The lowest BCUT2D eigenvalue weighted by molar-refractivity contribution is -0.167. The fourth-order valence-corrected chi connectivity index (χ4v) is 10.5. The first-order chi connectivity index (χ1) is 39.0. The molecule has 0 aromatic heterocycles. The summed E-state index contributed by atoms with van der Waals surface area (Å²) in [5.74, 6) is -0.866. The molecule has 0 aliphatic carbocycles. The molecule has 0 aromatic rings. The van der Waals surface area contributed by atoms with Crippen molar-refractivity contribution in [2.24, 2.45) is 0 Å². The molecule has 0 bridgehead atoms. The zero-order chi connectivity index (χ0) is 57.1. The van der Waals surface area contributed by atoms with Crippen LogP contribution in [0.5, 0.6) is 0 Å². The normalized spacial score (nSPS) is 12.3. The maximum atomic E-state index is 12.9. The Kier molecular flexibility index (Phi) is 65.6. The Labute approximate surface area is 492 Å². The first-order valence-electron chi connectivity index (χ1n) is 35.1. The maximum Gasteiger partial charge on any atom is 0.306 e. The zero-order valence-corrected chi connectivity index (χ0v) is 53.2. The molecule has 462 valence electrons. The molecule has 79 heavy (non-hydrogen) atoms. The van der Waals surface area contributed by atoms with Crippen LogP contribution in [-0.4, -0.2) is 37.2 Å². The Bertz CT molecular complexity index is 1360. The molecule has 0 radical (unpaired) electrons. The highest BCUT2D eigenvalue weighted by atomic mass is 16.6. The van der Waals surface area contributed by atoms with Crippen LogP contribution in [0.3, 0.4) is 0 Å². The highest BCUT2D eigenvalue weighted by molar-refractivity contribution is 5.71. The Morgan fingerprint density at radius 2 is 0.456 bits per heavy atom. The number of unbranched alkanes of at least 4 members (excludes halogenated alkanes) is 46. The molecule has 0 aliphatic rings. The highest BCUT2D eigenvalue weighted by Crippen LogP contribution is 2.18. The van der Waals surface area contributed by atoms with Crippen LogP contribution in [-0.2, 0) is 28.6 Å². The van der Waals surface area contributed by atoms with E-state index in [1.54, 1.807) is 0 Å². The first kappa shape index (κ1) is 76.4. The van der Waals surface area contributed by atoms with Gasteiger partial charge >= 0.3 is 17.9 Å². The van der Waals surface area contributed by atoms with E-state index >= 15 is 0 Å². The molecule has 1 unspecified atom stereocenters. The summed E-state index contributed by atoms with van der Waals surface area (Å²) in [5, 5.41) is 0. The molecule has 0 saturated carbocycles. The van der Waals surface area contributed by atoms with Gasteiger partial charge < -0.3 is 14.2 Å². The van der Waals surface area contributed by atoms with E-state index in [1.807, 2.05) is 0 Å². The summed E-state index contributed by atoms with van der Waals surface area (Å²) in [6.45, 7) is 6.65. The van der Waals surface area contributed by atoms with E-state index in [2.05, 4.69) is 69.4 Å². The zero-order valence-electron chi connectivity index (χ0n) is 53.2. The smallest absolute Gasteiger partial charge is 0.306 e. The molecular weight excluding hydrogens is 973 g/mol. The van der Waals surface area contributed by atoms with E-state index in [0.29, 0.717) is 19.3 Å². The number of carbonyl (C=O) groups is 3. The van der Waals surface area contributed by atoms with Crippen molar-refractivity contribution in [2.45, 2.75) is 386 Å². The van der Waals surface area contributed by atoms with Crippen LogP contribution in [0.2, 0.25) is 0 Å². The fraction of sp³-hybridized carbons (Fsp3) is 0.849. The van der Waals surface area contributed by atoms with E-state index in [1.165, 1.54) is 257 Å². The van der Waals surface area contributed by atoms with E-state index in [4.69, 9.17) is 14.2 Å². The van der Waals surface area contributed by atoms with Gasteiger partial charge in [0.1, 0.15) is 13.2 Å². The number of hydrogen-bond acceptors (Lipinski definition) is 6. The van der Waals surface area contributed by atoms with Crippen LogP contribution in [0.1, 0.15) is 380 Å². The SMILES string of the molecule is CCCCC/C=C\C/C=C\CCCCCCCCCC(=O)OCC(COC(=O)CCCCCCCCCCCCCCCCCCCCCCCCCCCC)OC(=O)CCCCCCCCC/C=C\C/C=C\CCCCCC. The molecule has 0 heterocycles. The lowest BCUT2D eigenvalue weighted by Gasteiger charge is -2.18. The molecule has 6 heteroatoms. The minimum absolute atomic E-state index is 0.0751. The van der Waals surface area contributed by atoms with Gasteiger partial charge in [0, 0.05) is 19.3 Å². The molecule has 0 saturated heterocycles. The van der Waals surface area contributed by atoms with Crippen molar-refractivity contribution in [3.05, 3.63) is 48.6 Å². The molecule has 0 rings (SSSR count). The third-order valence-corrected chi connectivity index (χ3v) is 15.8. The van der Waals surface area contributed by atoms with Gasteiger partial charge in [-0.05, 0) is 83.5 Å². The van der Waals surface area contributed by atoms with Gasteiger partial charge in [-0.2, -0.15) is 0 Å². The van der Waals surface area contributed by atoms with Crippen LogP contribution in [0.4, 0.5) is 0 Å². The predicted octanol–water partition coefficient (Wildman–Crippen LogP) is 24.1. The van der Waals surface area contributed by atoms with Crippen molar-refractivity contribution in [1.29, 1.82) is 0 Å². The largest absolute Gasteiger partial charge is 0.462 e. The Morgan fingerprint density at radius 1 is 0.253 bits per heavy atom. The third-order valence-electron chi connectivity index (χ3n) is 15.8. The quantitative estimate of drug-likeness (QED) is 0.0261. The van der Waals surface area contributed by atoms with Crippen molar-refractivity contribution in [3.8, 4) is 0 Å². The van der Waals surface area contributed by atoms with E-state index < -0.39 is 6.10 Å². The predicted molar refractivity (Wildman–Crippen MR) is 344 cm³/mol. The summed E-state index contributed by atoms with van der Waals surface area (Å²) >= 11 is 0. The Morgan fingerprint density at radius 3 is 0.734 bits per heavy atom. The molecule has 0 aromatic carbocycles. The average Bonchev–Trinajstić information content (AvgIpc) is 3.45. The Balaban J connectivity index is 4.28. The molecular formula is C73H134O6.